The molecule has 0 radical (unpaired) electrons. The zero-order chi connectivity index (χ0) is 35.0. The minimum Gasteiger partial charge on any atom is -0.407 e. The van der Waals surface area contributed by atoms with Gasteiger partial charge in [0.25, 0.3) is 14.2 Å². The van der Waals surface area contributed by atoms with Gasteiger partial charge in [0.15, 0.2) is 0 Å². The summed E-state index contributed by atoms with van der Waals surface area (Å²) in [6, 6.07) is 36.6. The number of halogens is 2. The molecular weight excluding hydrogens is 686 g/mol. The van der Waals surface area contributed by atoms with Crippen LogP contribution < -0.4 is 10.4 Å². The molecule has 2 unspecified atom stereocenters. The van der Waals surface area contributed by atoms with Gasteiger partial charge in [0, 0.05) is 40.6 Å². The number of amides is 1. The van der Waals surface area contributed by atoms with Gasteiger partial charge in [-0.25, -0.2) is 0 Å². The second kappa shape index (κ2) is 16.9. The molecule has 0 spiro atoms. The van der Waals surface area contributed by atoms with E-state index in [4.69, 9.17) is 32.4 Å². The molecule has 4 aromatic rings. The fourth-order valence-electron chi connectivity index (χ4n) is 7.04. The fraction of sp³-hybridized carbons (Fsp3) is 0.341. The Morgan fingerprint density at radius 1 is 0.898 bits per heavy atom. The van der Waals surface area contributed by atoms with Gasteiger partial charge in [0.05, 0.1) is 6.04 Å². The largest absolute Gasteiger partial charge is 0.407 e. The molecule has 1 aliphatic heterocycles. The highest BCUT2D eigenvalue weighted by Gasteiger charge is 2.50. The van der Waals surface area contributed by atoms with Gasteiger partial charge in [-0.15, -0.1) is 6.58 Å². The van der Waals surface area contributed by atoms with Crippen LogP contribution in [0, 0.1) is 0 Å². The van der Waals surface area contributed by atoms with E-state index in [-0.39, 0.29) is 23.0 Å². The molecule has 1 heterocycles. The van der Waals surface area contributed by atoms with E-state index < -0.39 is 20.5 Å². The standard InChI is InChI=1S/C41H47Cl2NO3SSi/c1-6-15-37-40(45)44(38(30-22-24-32(42)25-23-30)39(47-37)31-16-14-17-33(43)28-31)34(7-2)29-48-27-26-46-49(41(3,4)5,35-18-10-8-11-19-35)36-20-12-9-13-21-36/h6,8-14,16-25,28,34,37-39H,1,7,15,26-27,29H2,2-5H3/t34?,37-,38?,39+/m0/s1. The predicted octanol–water partition coefficient (Wildman–Crippen LogP) is 9.67. The number of carbonyl (C=O) groups is 1. The quantitative estimate of drug-likeness (QED) is 0.0736. The van der Waals surface area contributed by atoms with E-state index in [0.717, 1.165) is 29.1 Å². The number of ether oxygens (including phenoxy) is 1. The normalized spacial score (nSPS) is 19.1. The number of morpholine rings is 1. The smallest absolute Gasteiger partial charge is 0.261 e. The van der Waals surface area contributed by atoms with Gasteiger partial charge in [-0.1, -0.05) is 142 Å². The summed E-state index contributed by atoms with van der Waals surface area (Å²) in [7, 11) is -2.63. The molecule has 258 valence electrons. The van der Waals surface area contributed by atoms with Crippen molar-refractivity contribution in [3.63, 3.8) is 0 Å². The number of thioether (sulfide) groups is 1. The Bertz CT molecular complexity index is 1630. The van der Waals surface area contributed by atoms with E-state index in [1.165, 1.54) is 10.4 Å². The van der Waals surface area contributed by atoms with Crippen molar-refractivity contribution in [3.05, 3.63) is 143 Å². The highest BCUT2D eigenvalue weighted by Crippen LogP contribution is 2.45. The fourth-order valence-corrected chi connectivity index (χ4v) is 13.1. The van der Waals surface area contributed by atoms with Crippen molar-refractivity contribution in [2.45, 2.75) is 69.9 Å². The van der Waals surface area contributed by atoms with Crippen LogP contribution in [0.25, 0.3) is 0 Å². The third-order valence-electron chi connectivity index (χ3n) is 9.33. The Balaban J connectivity index is 1.41. The van der Waals surface area contributed by atoms with Gasteiger partial charge in [-0.2, -0.15) is 11.8 Å². The number of hydrogen-bond acceptors (Lipinski definition) is 4. The van der Waals surface area contributed by atoms with Gasteiger partial charge in [-0.3, -0.25) is 4.79 Å². The molecule has 1 amide bonds. The van der Waals surface area contributed by atoms with Crippen LogP contribution in [0.4, 0.5) is 0 Å². The summed E-state index contributed by atoms with van der Waals surface area (Å²) in [4.78, 5) is 16.4. The third kappa shape index (κ3) is 8.38. The van der Waals surface area contributed by atoms with Gasteiger partial charge >= 0.3 is 0 Å². The van der Waals surface area contributed by atoms with E-state index in [1.807, 2.05) is 60.3 Å². The highest BCUT2D eigenvalue weighted by molar-refractivity contribution is 7.99. The molecule has 49 heavy (non-hydrogen) atoms. The van der Waals surface area contributed by atoms with E-state index in [1.54, 1.807) is 6.08 Å². The summed E-state index contributed by atoms with van der Waals surface area (Å²) in [6.45, 7) is 13.6. The van der Waals surface area contributed by atoms with E-state index in [9.17, 15) is 4.79 Å². The average Bonchev–Trinajstić information content (AvgIpc) is 3.10. The van der Waals surface area contributed by atoms with Crippen molar-refractivity contribution >= 4 is 59.6 Å². The molecule has 0 bridgehead atoms. The average molecular weight is 733 g/mol. The predicted molar refractivity (Wildman–Crippen MR) is 210 cm³/mol. The highest BCUT2D eigenvalue weighted by atomic mass is 35.5. The Morgan fingerprint density at radius 3 is 2.08 bits per heavy atom. The summed E-state index contributed by atoms with van der Waals surface area (Å²) >= 11 is 14.7. The molecule has 0 N–H and O–H groups in total. The molecular formula is C41H47Cl2NO3SSi. The van der Waals surface area contributed by atoms with Crippen molar-refractivity contribution in [1.29, 1.82) is 0 Å². The topological polar surface area (TPSA) is 38.8 Å². The first-order valence-corrected chi connectivity index (χ1v) is 20.8. The lowest BCUT2D eigenvalue weighted by molar-refractivity contribution is -0.178. The first-order valence-electron chi connectivity index (χ1n) is 17.0. The van der Waals surface area contributed by atoms with Crippen LogP contribution in [-0.4, -0.2) is 49.4 Å². The van der Waals surface area contributed by atoms with Gasteiger partial charge in [0.1, 0.15) is 12.2 Å². The zero-order valence-corrected chi connectivity index (χ0v) is 32.2. The monoisotopic (exact) mass is 731 g/mol. The molecule has 8 heteroatoms. The number of nitrogens with zero attached hydrogens (tertiary/aromatic N) is 1. The number of carbonyl (C=O) groups excluding carboxylic acids is 1. The maximum atomic E-state index is 14.3. The third-order valence-corrected chi connectivity index (χ3v) is 15.9. The van der Waals surface area contributed by atoms with E-state index in [2.05, 4.69) is 99.8 Å². The lowest BCUT2D eigenvalue weighted by Crippen LogP contribution is -2.66. The summed E-state index contributed by atoms with van der Waals surface area (Å²) < 4.78 is 13.8. The van der Waals surface area contributed by atoms with Crippen LogP contribution in [-0.2, 0) is 14.0 Å². The molecule has 4 nitrogen and oxygen atoms in total. The van der Waals surface area contributed by atoms with Crippen molar-refractivity contribution < 1.29 is 14.0 Å². The Labute approximate surface area is 307 Å². The first-order chi connectivity index (χ1) is 23.6. The van der Waals surface area contributed by atoms with Crippen molar-refractivity contribution in [2.24, 2.45) is 0 Å². The molecule has 1 fully saturated rings. The second-order valence-corrected chi connectivity index (χ2v) is 19.8. The minimum atomic E-state index is -2.63. The second-order valence-electron chi connectivity index (χ2n) is 13.5. The maximum absolute atomic E-state index is 14.3. The molecule has 1 saturated heterocycles. The Morgan fingerprint density at radius 2 is 1.53 bits per heavy atom. The summed E-state index contributed by atoms with van der Waals surface area (Å²) in [6.07, 6.45) is 1.93. The Kier molecular flexibility index (Phi) is 12.9. The Hall–Kier alpha value is -2.84. The van der Waals surface area contributed by atoms with E-state index >= 15 is 0 Å². The van der Waals surface area contributed by atoms with Gasteiger partial charge in [0.2, 0.25) is 0 Å². The minimum absolute atomic E-state index is 0.0193. The molecule has 4 atom stereocenters. The van der Waals surface area contributed by atoms with Crippen molar-refractivity contribution in [1.82, 2.24) is 4.90 Å². The number of hydrogen-bond donors (Lipinski definition) is 0. The van der Waals surface area contributed by atoms with Crippen LogP contribution in [0.1, 0.15) is 63.8 Å². The first kappa shape index (κ1) is 37.4. The van der Waals surface area contributed by atoms with Crippen LogP contribution in [0.3, 0.4) is 0 Å². The summed E-state index contributed by atoms with van der Waals surface area (Å²) in [5.41, 5.74) is 1.90. The molecule has 0 aliphatic carbocycles. The molecule has 0 aromatic heterocycles. The lowest BCUT2D eigenvalue weighted by atomic mass is 9.89. The molecule has 4 aromatic carbocycles. The van der Waals surface area contributed by atoms with Crippen LogP contribution in [0.2, 0.25) is 15.1 Å². The van der Waals surface area contributed by atoms with Crippen LogP contribution >= 0.6 is 35.0 Å². The summed E-state index contributed by atoms with van der Waals surface area (Å²) in [5.74, 6) is 1.55. The number of benzene rings is 4. The van der Waals surface area contributed by atoms with Crippen LogP contribution in [0.15, 0.2) is 122 Å². The van der Waals surface area contributed by atoms with Crippen LogP contribution in [0.5, 0.6) is 0 Å². The van der Waals surface area contributed by atoms with Gasteiger partial charge < -0.3 is 14.1 Å². The van der Waals surface area contributed by atoms with Crippen molar-refractivity contribution in [2.75, 3.05) is 18.1 Å². The molecule has 5 rings (SSSR count). The zero-order valence-electron chi connectivity index (χ0n) is 28.9. The maximum Gasteiger partial charge on any atom is 0.261 e. The summed E-state index contributed by atoms with van der Waals surface area (Å²) in [5, 5.41) is 3.73. The number of rotatable bonds is 14. The lowest BCUT2D eigenvalue weighted by Gasteiger charge is -2.48. The molecule has 0 saturated carbocycles. The van der Waals surface area contributed by atoms with E-state index in [0.29, 0.717) is 23.1 Å². The molecule has 1 aliphatic rings. The SMILES string of the molecule is C=CC[C@@H]1O[C@H](c2cccc(Cl)c2)C(c2ccc(Cl)cc2)N(C(CC)CSCCO[Si](c2ccccc2)(c2ccccc2)C(C)(C)C)C1=O. The van der Waals surface area contributed by atoms with Crippen molar-refractivity contribution in [3.8, 4) is 0 Å². The van der Waals surface area contributed by atoms with Gasteiger partial charge in [-0.05, 0) is 57.2 Å².